The summed E-state index contributed by atoms with van der Waals surface area (Å²) < 4.78 is 24.7. The van der Waals surface area contributed by atoms with Gasteiger partial charge in [0.05, 0.1) is 19.8 Å². The summed E-state index contributed by atoms with van der Waals surface area (Å²) in [7, 11) is 0. The highest BCUT2D eigenvalue weighted by Gasteiger charge is 2.24. The van der Waals surface area contributed by atoms with Gasteiger partial charge in [0.1, 0.15) is 0 Å². The molecular formula is C19H31FIN3O2. The van der Waals surface area contributed by atoms with Gasteiger partial charge >= 0.3 is 0 Å². The average Bonchev–Trinajstić information content (AvgIpc) is 3.08. The lowest BCUT2D eigenvalue weighted by molar-refractivity contribution is 0.114. The van der Waals surface area contributed by atoms with Crippen LogP contribution in [-0.2, 0) is 11.3 Å². The van der Waals surface area contributed by atoms with Crippen molar-refractivity contribution in [1.82, 2.24) is 10.2 Å². The number of benzene rings is 1. The van der Waals surface area contributed by atoms with Crippen molar-refractivity contribution in [3.63, 3.8) is 0 Å². The third-order valence-corrected chi connectivity index (χ3v) is 4.19. The second-order valence-electron chi connectivity index (χ2n) is 6.13. The van der Waals surface area contributed by atoms with Crippen molar-refractivity contribution in [1.29, 1.82) is 0 Å². The van der Waals surface area contributed by atoms with E-state index in [1.165, 1.54) is 6.07 Å². The second-order valence-corrected chi connectivity index (χ2v) is 6.13. The largest absolute Gasteiger partial charge is 0.491 e. The number of ether oxygens (including phenoxy) is 2. The molecule has 1 unspecified atom stereocenters. The molecule has 7 heteroatoms. The van der Waals surface area contributed by atoms with Crippen molar-refractivity contribution in [3.05, 3.63) is 29.6 Å². The van der Waals surface area contributed by atoms with E-state index in [9.17, 15) is 4.39 Å². The zero-order chi connectivity index (χ0) is 18.1. The maximum atomic E-state index is 14.0. The van der Waals surface area contributed by atoms with Gasteiger partial charge < -0.3 is 19.7 Å². The first-order valence-electron chi connectivity index (χ1n) is 9.20. The van der Waals surface area contributed by atoms with Crippen LogP contribution in [0.15, 0.2) is 23.2 Å². The van der Waals surface area contributed by atoms with Crippen LogP contribution in [-0.4, -0.2) is 50.3 Å². The molecule has 1 fully saturated rings. The molecule has 1 aliphatic rings. The number of likely N-dealkylation sites (tertiary alicyclic amines) is 1. The zero-order valence-electron chi connectivity index (χ0n) is 16.0. The Morgan fingerprint density at radius 2 is 2.12 bits per heavy atom. The molecule has 2 rings (SSSR count). The quantitative estimate of drug-likeness (QED) is 0.351. The Morgan fingerprint density at radius 1 is 1.31 bits per heavy atom. The lowest BCUT2D eigenvalue weighted by atomic mass is 10.1. The third-order valence-electron chi connectivity index (χ3n) is 4.19. The van der Waals surface area contributed by atoms with E-state index < -0.39 is 0 Å². The van der Waals surface area contributed by atoms with Crippen LogP contribution < -0.4 is 10.1 Å². The van der Waals surface area contributed by atoms with E-state index in [0.717, 1.165) is 50.8 Å². The minimum atomic E-state index is -0.336. The molecule has 1 aromatic rings. The smallest absolute Gasteiger partial charge is 0.194 e. The normalized spacial score (nSPS) is 17.2. The summed E-state index contributed by atoms with van der Waals surface area (Å²) in [5, 5.41) is 3.33. The van der Waals surface area contributed by atoms with Gasteiger partial charge in [0.25, 0.3) is 0 Å². The van der Waals surface area contributed by atoms with Crippen molar-refractivity contribution >= 4 is 29.9 Å². The van der Waals surface area contributed by atoms with Gasteiger partial charge in [-0.25, -0.2) is 9.38 Å². The van der Waals surface area contributed by atoms with Gasteiger partial charge in [-0.3, -0.25) is 0 Å². The van der Waals surface area contributed by atoms with Crippen LogP contribution in [0.25, 0.3) is 0 Å². The van der Waals surface area contributed by atoms with Gasteiger partial charge in [0.15, 0.2) is 17.5 Å². The Kier molecular flexibility index (Phi) is 10.9. The first kappa shape index (κ1) is 23.0. The molecule has 148 valence electrons. The molecule has 0 spiro atoms. The summed E-state index contributed by atoms with van der Waals surface area (Å²) in [6.45, 7) is 11.1. The van der Waals surface area contributed by atoms with Crippen molar-refractivity contribution in [2.75, 3.05) is 39.5 Å². The van der Waals surface area contributed by atoms with E-state index in [1.54, 1.807) is 6.07 Å². The number of hydrogen-bond acceptors (Lipinski definition) is 3. The lowest BCUT2D eigenvalue weighted by Crippen LogP contribution is -2.40. The maximum Gasteiger partial charge on any atom is 0.194 e. The molecular weight excluding hydrogens is 448 g/mol. The molecule has 1 N–H and O–H groups in total. The van der Waals surface area contributed by atoms with Crippen LogP contribution >= 0.6 is 24.0 Å². The van der Waals surface area contributed by atoms with Crippen molar-refractivity contribution in [2.24, 2.45) is 10.9 Å². The monoisotopic (exact) mass is 479 g/mol. The molecule has 0 bridgehead atoms. The van der Waals surface area contributed by atoms with Gasteiger partial charge in [-0.2, -0.15) is 0 Å². The SMILES string of the molecule is CCNC(=NCc1ccc(OCC)c(F)c1)N1CCC(COCC)C1.I. The molecule has 5 nitrogen and oxygen atoms in total. The van der Waals surface area contributed by atoms with Crippen molar-refractivity contribution < 1.29 is 13.9 Å². The molecule has 1 aliphatic heterocycles. The second kappa shape index (κ2) is 12.3. The van der Waals surface area contributed by atoms with Crippen LogP contribution in [0.3, 0.4) is 0 Å². The van der Waals surface area contributed by atoms with E-state index in [0.29, 0.717) is 24.8 Å². The first-order valence-corrected chi connectivity index (χ1v) is 9.20. The Balaban J connectivity index is 0.00000338. The summed E-state index contributed by atoms with van der Waals surface area (Å²) in [6.07, 6.45) is 1.11. The van der Waals surface area contributed by atoms with Gasteiger partial charge in [0.2, 0.25) is 0 Å². The number of rotatable bonds is 8. The van der Waals surface area contributed by atoms with Crippen molar-refractivity contribution in [2.45, 2.75) is 33.7 Å². The van der Waals surface area contributed by atoms with E-state index in [4.69, 9.17) is 9.47 Å². The molecule has 0 aliphatic carbocycles. The maximum absolute atomic E-state index is 14.0. The van der Waals surface area contributed by atoms with Crippen molar-refractivity contribution in [3.8, 4) is 5.75 Å². The minimum Gasteiger partial charge on any atom is -0.491 e. The Hall–Kier alpha value is -1.09. The van der Waals surface area contributed by atoms with Crippen LogP contribution in [0.2, 0.25) is 0 Å². The number of hydrogen-bond donors (Lipinski definition) is 1. The molecule has 0 aromatic heterocycles. The predicted molar refractivity (Wildman–Crippen MR) is 114 cm³/mol. The van der Waals surface area contributed by atoms with Crippen LogP contribution in [0.5, 0.6) is 5.75 Å². The molecule has 1 aromatic carbocycles. The molecule has 0 saturated carbocycles. The molecule has 0 radical (unpaired) electrons. The van der Waals surface area contributed by atoms with Gasteiger partial charge in [-0.05, 0) is 44.9 Å². The summed E-state index contributed by atoms with van der Waals surface area (Å²) in [5.74, 6) is 1.39. The average molecular weight is 479 g/mol. The van der Waals surface area contributed by atoms with Gasteiger partial charge in [0, 0.05) is 32.2 Å². The number of guanidine groups is 1. The fourth-order valence-corrected chi connectivity index (χ4v) is 2.95. The minimum absolute atomic E-state index is 0. The Bertz CT molecular complexity index is 572. The fraction of sp³-hybridized carbons (Fsp3) is 0.632. The highest BCUT2D eigenvalue weighted by molar-refractivity contribution is 14.0. The first-order chi connectivity index (χ1) is 12.2. The molecule has 1 atom stereocenters. The number of nitrogens with one attached hydrogen (secondary N) is 1. The molecule has 0 amide bonds. The van der Waals surface area contributed by atoms with Gasteiger partial charge in [-0.1, -0.05) is 6.07 Å². The van der Waals surface area contributed by atoms with E-state index in [-0.39, 0.29) is 29.8 Å². The van der Waals surface area contributed by atoms with Gasteiger partial charge in [-0.15, -0.1) is 24.0 Å². The standard InChI is InChI=1S/C19H30FN3O2.HI/c1-4-21-19(23-10-9-16(13-23)14-24-5-2)22-12-15-7-8-18(25-6-3)17(20)11-15;/h7-8,11,16H,4-6,9-10,12-14H2,1-3H3,(H,21,22);1H. The molecule has 26 heavy (non-hydrogen) atoms. The number of nitrogens with zero attached hydrogens (tertiary/aromatic N) is 2. The summed E-state index contributed by atoms with van der Waals surface area (Å²) >= 11 is 0. The van der Waals surface area contributed by atoms with Crippen LogP contribution in [0.4, 0.5) is 4.39 Å². The zero-order valence-corrected chi connectivity index (χ0v) is 18.3. The summed E-state index contributed by atoms with van der Waals surface area (Å²) in [6, 6.07) is 5.04. The van der Waals surface area contributed by atoms with Crippen LogP contribution in [0.1, 0.15) is 32.8 Å². The Morgan fingerprint density at radius 3 is 2.77 bits per heavy atom. The number of halogens is 2. The lowest BCUT2D eigenvalue weighted by Gasteiger charge is -2.21. The van der Waals surface area contributed by atoms with E-state index >= 15 is 0 Å². The fourth-order valence-electron chi connectivity index (χ4n) is 2.95. The van der Waals surface area contributed by atoms with E-state index in [2.05, 4.69) is 22.1 Å². The van der Waals surface area contributed by atoms with Crippen LogP contribution in [0, 0.1) is 11.7 Å². The summed E-state index contributed by atoms with van der Waals surface area (Å²) in [4.78, 5) is 6.94. The topological polar surface area (TPSA) is 46.1 Å². The molecule has 1 saturated heterocycles. The third kappa shape index (κ3) is 6.90. The Labute approximate surface area is 173 Å². The summed E-state index contributed by atoms with van der Waals surface area (Å²) in [5.41, 5.74) is 0.835. The highest BCUT2D eigenvalue weighted by Crippen LogP contribution is 2.20. The molecule has 1 heterocycles. The number of aliphatic imine (C=N–C) groups is 1. The predicted octanol–water partition coefficient (Wildman–Crippen LogP) is 3.67. The highest BCUT2D eigenvalue weighted by atomic mass is 127. The van der Waals surface area contributed by atoms with E-state index in [1.807, 2.05) is 19.9 Å².